The van der Waals surface area contributed by atoms with E-state index in [-0.39, 0.29) is 0 Å². The van der Waals surface area contributed by atoms with Crippen molar-refractivity contribution < 1.29 is 0 Å². The third kappa shape index (κ3) is 3.15. The Kier molecular flexibility index (Phi) is 4.34. The van der Waals surface area contributed by atoms with Crippen molar-refractivity contribution in [1.29, 1.82) is 0 Å². The van der Waals surface area contributed by atoms with Gasteiger partial charge in [-0.3, -0.25) is 0 Å². The zero-order valence-corrected chi connectivity index (χ0v) is 13.4. The van der Waals surface area contributed by atoms with Crippen molar-refractivity contribution in [2.45, 2.75) is 33.1 Å². The molecule has 0 unspecified atom stereocenters. The second-order valence-electron chi connectivity index (χ2n) is 5.34. The molecule has 3 rings (SSSR count). The molecule has 6 heteroatoms. The summed E-state index contributed by atoms with van der Waals surface area (Å²) in [6.45, 7) is 7.21. The number of rotatable bonds is 5. The first-order valence-electron chi connectivity index (χ1n) is 7.57. The summed E-state index contributed by atoms with van der Waals surface area (Å²) in [6.07, 6.45) is 3.49. The van der Waals surface area contributed by atoms with E-state index in [0.29, 0.717) is 5.95 Å². The first-order valence-corrected chi connectivity index (χ1v) is 8.45. The lowest BCUT2D eigenvalue weighted by Crippen LogP contribution is -2.22. The predicted octanol–water partition coefficient (Wildman–Crippen LogP) is 3.33. The maximum absolute atomic E-state index is 4.70. The highest BCUT2D eigenvalue weighted by atomic mass is 32.1. The second kappa shape index (κ2) is 6.39. The summed E-state index contributed by atoms with van der Waals surface area (Å²) in [6, 6.07) is 2.11. The molecule has 1 N–H and O–H groups in total. The average molecular weight is 303 g/mol. The maximum Gasteiger partial charge on any atom is 0.230 e. The fourth-order valence-electron chi connectivity index (χ4n) is 2.44. The molecular formula is C15H21N5S. The van der Waals surface area contributed by atoms with Crippen molar-refractivity contribution in [2.24, 2.45) is 0 Å². The fraction of sp³-hybridized carbons (Fsp3) is 0.533. The van der Waals surface area contributed by atoms with Crippen LogP contribution in [0.3, 0.4) is 0 Å². The number of aromatic nitrogens is 3. The molecule has 0 aliphatic carbocycles. The molecule has 0 spiro atoms. The number of nitrogens with zero attached hydrogens (tertiary/aromatic N) is 4. The zero-order valence-electron chi connectivity index (χ0n) is 12.6. The number of anilines is 2. The van der Waals surface area contributed by atoms with Gasteiger partial charge in [0, 0.05) is 19.6 Å². The monoisotopic (exact) mass is 303 g/mol. The van der Waals surface area contributed by atoms with Gasteiger partial charge in [-0.25, -0.2) is 0 Å². The average Bonchev–Trinajstić information content (AvgIpc) is 3.16. The van der Waals surface area contributed by atoms with Crippen LogP contribution in [0.2, 0.25) is 0 Å². The molecule has 1 fully saturated rings. The van der Waals surface area contributed by atoms with Crippen LogP contribution < -0.4 is 10.2 Å². The number of aryl methyl sites for hydroxylation is 1. The first-order chi connectivity index (χ1) is 10.3. The molecule has 21 heavy (non-hydrogen) atoms. The van der Waals surface area contributed by atoms with Gasteiger partial charge in [0.05, 0.1) is 4.88 Å². The van der Waals surface area contributed by atoms with Crippen LogP contribution in [0.25, 0.3) is 10.7 Å². The van der Waals surface area contributed by atoms with Crippen molar-refractivity contribution in [3.63, 3.8) is 0 Å². The Morgan fingerprint density at radius 3 is 2.71 bits per heavy atom. The van der Waals surface area contributed by atoms with E-state index in [1.54, 1.807) is 11.3 Å². The lowest BCUT2D eigenvalue weighted by Gasteiger charge is -2.16. The van der Waals surface area contributed by atoms with Crippen molar-refractivity contribution >= 4 is 23.2 Å². The van der Waals surface area contributed by atoms with Gasteiger partial charge in [-0.05, 0) is 43.2 Å². The zero-order chi connectivity index (χ0) is 14.7. The van der Waals surface area contributed by atoms with Crippen LogP contribution in [-0.2, 0) is 0 Å². The Morgan fingerprint density at radius 1 is 1.24 bits per heavy atom. The summed E-state index contributed by atoms with van der Waals surface area (Å²) in [7, 11) is 0. The Bertz CT molecular complexity index is 604. The van der Waals surface area contributed by atoms with Crippen LogP contribution in [0.1, 0.15) is 31.7 Å². The minimum Gasteiger partial charge on any atom is -0.354 e. The molecule has 0 bridgehead atoms. The molecule has 0 saturated carbocycles. The molecule has 112 valence electrons. The molecule has 3 heterocycles. The van der Waals surface area contributed by atoms with E-state index in [1.807, 2.05) is 0 Å². The quantitative estimate of drug-likeness (QED) is 0.918. The molecule has 1 aliphatic heterocycles. The van der Waals surface area contributed by atoms with Gasteiger partial charge >= 0.3 is 0 Å². The van der Waals surface area contributed by atoms with E-state index < -0.39 is 0 Å². The SMILES string of the molecule is CCCNc1nc(-c2sccc2C)nc(N2CCCC2)n1. The van der Waals surface area contributed by atoms with Crippen LogP contribution in [0.5, 0.6) is 0 Å². The van der Waals surface area contributed by atoms with Crippen molar-refractivity contribution in [3.05, 3.63) is 17.0 Å². The highest BCUT2D eigenvalue weighted by Gasteiger charge is 2.18. The Hall–Kier alpha value is -1.69. The highest BCUT2D eigenvalue weighted by Crippen LogP contribution is 2.28. The van der Waals surface area contributed by atoms with Crippen molar-refractivity contribution in [1.82, 2.24) is 15.0 Å². The van der Waals surface area contributed by atoms with Gasteiger partial charge in [-0.15, -0.1) is 11.3 Å². The van der Waals surface area contributed by atoms with E-state index in [2.05, 4.69) is 45.5 Å². The van der Waals surface area contributed by atoms with Gasteiger partial charge in [-0.1, -0.05) is 6.92 Å². The van der Waals surface area contributed by atoms with E-state index in [1.165, 1.54) is 18.4 Å². The highest BCUT2D eigenvalue weighted by molar-refractivity contribution is 7.13. The summed E-state index contributed by atoms with van der Waals surface area (Å²) in [5.74, 6) is 2.29. The molecule has 0 radical (unpaired) electrons. The molecule has 1 aliphatic rings. The minimum atomic E-state index is 0.691. The van der Waals surface area contributed by atoms with Gasteiger partial charge in [0.2, 0.25) is 11.9 Å². The van der Waals surface area contributed by atoms with Crippen LogP contribution in [-0.4, -0.2) is 34.6 Å². The summed E-state index contributed by atoms with van der Waals surface area (Å²) in [4.78, 5) is 17.3. The van der Waals surface area contributed by atoms with Gasteiger partial charge in [0.25, 0.3) is 0 Å². The lowest BCUT2D eigenvalue weighted by atomic mass is 10.3. The Labute approximate surface area is 129 Å². The molecule has 0 aromatic carbocycles. The van der Waals surface area contributed by atoms with Crippen LogP contribution in [0.15, 0.2) is 11.4 Å². The normalized spacial score (nSPS) is 14.7. The number of hydrogen-bond donors (Lipinski definition) is 1. The first kappa shape index (κ1) is 14.3. The molecule has 5 nitrogen and oxygen atoms in total. The van der Waals surface area contributed by atoms with E-state index in [9.17, 15) is 0 Å². The topological polar surface area (TPSA) is 53.9 Å². The summed E-state index contributed by atoms with van der Waals surface area (Å²) >= 11 is 1.69. The third-order valence-corrected chi connectivity index (χ3v) is 4.62. The van der Waals surface area contributed by atoms with Gasteiger partial charge in [0.15, 0.2) is 5.82 Å². The Balaban J connectivity index is 1.98. The molecule has 1 saturated heterocycles. The molecule has 0 atom stereocenters. The lowest BCUT2D eigenvalue weighted by molar-refractivity contribution is 0.874. The maximum atomic E-state index is 4.70. The third-order valence-electron chi connectivity index (χ3n) is 3.61. The van der Waals surface area contributed by atoms with Gasteiger partial charge in [0.1, 0.15) is 0 Å². The van der Waals surface area contributed by atoms with Crippen LogP contribution >= 0.6 is 11.3 Å². The van der Waals surface area contributed by atoms with Gasteiger partial charge < -0.3 is 10.2 Å². The van der Waals surface area contributed by atoms with E-state index >= 15 is 0 Å². The smallest absolute Gasteiger partial charge is 0.230 e. The summed E-state index contributed by atoms with van der Waals surface area (Å²) < 4.78 is 0. The predicted molar refractivity (Wildman–Crippen MR) is 88.1 cm³/mol. The molecule has 2 aromatic rings. The molecule has 2 aromatic heterocycles. The fourth-order valence-corrected chi connectivity index (χ4v) is 3.30. The van der Waals surface area contributed by atoms with Crippen LogP contribution in [0.4, 0.5) is 11.9 Å². The number of thiophene rings is 1. The van der Waals surface area contributed by atoms with E-state index in [0.717, 1.165) is 42.7 Å². The standard InChI is InChI=1S/C15H21N5S/c1-3-7-16-14-17-13(12-11(2)6-10-21-12)18-15(19-14)20-8-4-5-9-20/h6,10H,3-5,7-9H2,1-2H3,(H,16,17,18,19). The minimum absolute atomic E-state index is 0.691. The number of hydrogen-bond acceptors (Lipinski definition) is 6. The van der Waals surface area contributed by atoms with E-state index in [4.69, 9.17) is 4.98 Å². The van der Waals surface area contributed by atoms with Crippen LogP contribution in [0, 0.1) is 6.92 Å². The number of nitrogens with one attached hydrogen (secondary N) is 1. The summed E-state index contributed by atoms with van der Waals surface area (Å²) in [5.41, 5.74) is 1.22. The second-order valence-corrected chi connectivity index (χ2v) is 6.25. The largest absolute Gasteiger partial charge is 0.354 e. The van der Waals surface area contributed by atoms with Crippen molar-refractivity contribution in [2.75, 3.05) is 29.9 Å². The molecule has 0 amide bonds. The summed E-state index contributed by atoms with van der Waals surface area (Å²) in [5, 5.41) is 5.38. The Morgan fingerprint density at radius 2 is 2.05 bits per heavy atom. The van der Waals surface area contributed by atoms with Gasteiger partial charge in [-0.2, -0.15) is 15.0 Å². The molecular weight excluding hydrogens is 282 g/mol. The van der Waals surface area contributed by atoms with Crippen molar-refractivity contribution in [3.8, 4) is 10.7 Å².